The van der Waals surface area contributed by atoms with Crippen LogP contribution in [0.4, 0.5) is 5.69 Å². The Kier molecular flexibility index (Phi) is 4.40. The van der Waals surface area contributed by atoms with Crippen molar-refractivity contribution in [2.45, 2.75) is 6.54 Å². The van der Waals surface area contributed by atoms with Crippen LogP contribution in [-0.4, -0.2) is 15.1 Å². The van der Waals surface area contributed by atoms with Gasteiger partial charge in [-0.05, 0) is 36.4 Å². The highest BCUT2D eigenvalue weighted by Gasteiger charge is 2.32. The molecule has 1 amide bonds. The topological polar surface area (TPSA) is 72.6 Å². The number of carbonyl (C=O) groups excluding carboxylic acids is 1. The second-order valence-electron chi connectivity index (χ2n) is 5.64. The van der Waals surface area contributed by atoms with E-state index in [9.17, 15) is 4.79 Å². The smallest absolute Gasteiger partial charge is 0.266 e. The first-order chi connectivity index (χ1) is 12.6. The van der Waals surface area contributed by atoms with E-state index < -0.39 is 0 Å². The first-order valence-electron chi connectivity index (χ1n) is 7.84. The summed E-state index contributed by atoms with van der Waals surface area (Å²) < 4.78 is 11.6. The summed E-state index contributed by atoms with van der Waals surface area (Å²) in [5, 5.41) is 0. The zero-order valence-electron chi connectivity index (χ0n) is 13.5. The quantitative estimate of drug-likeness (QED) is 0.406. The van der Waals surface area contributed by atoms with Crippen LogP contribution in [0.25, 0.3) is 17.4 Å². The van der Waals surface area contributed by atoms with E-state index in [1.807, 2.05) is 36.4 Å². The van der Waals surface area contributed by atoms with E-state index in [1.165, 1.54) is 16.7 Å². The number of amides is 1. The minimum atomic E-state index is -0.159. The molecule has 3 aromatic rings. The summed E-state index contributed by atoms with van der Waals surface area (Å²) in [7, 11) is 0. The van der Waals surface area contributed by atoms with E-state index >= 15 is 0 Å². The second-order valence-corrected chi connectivity index (χ2v) is 7.31. The molecule has 1 saturated heterocycles. The van der Waals surface area contributed by atoms with Gasteiger partial charge in [0.2, 0.25) is 0 Å². The highest BCUT2D eigenvalue weighted by molar-refractivity contribution is 8.26. The summed E-state index contributed by atoms with van der Waals surface area (Å²) >= 11 is 6.57. The summed E-state index contributed by atoms with van der Waals surface area (Å²) in [6, 6.07) is 14.7. The summed E-state index contributed by atoms with van der Waals surface area (Å²) in [5.74, 6) is 1.75. The zero-order valence-corrected chi connectivity index (χ0v) is 15.2. The first-order valence-corrected chi connectivity index (χ1v) is 9.07. The molecule has 2 aromatic heterocycles. The predicted octanol–water partition coefficient (Wildman–Crippen LogP) is 4.52. The molecule has 2 N–H and O–H groups in total. The average Bonchev–Trinajstić information content (AvgIpc) is 3.35. The highest BCUT2D eigenvalue weighted by atomic mass is 32.2. The molecule has 0 bridgehead atoms. The summed E-state index contributed by atoms with van der Waals surface area (Å²) in [5.41, 5.74) is 7.44. The number of hydrogen-bond donors (Lipinski definition) is 1. The fraction of sp³-hybridized carbons (Fsp3) is 0.0526. The van der Waals surface area contributed by atoms with Gasteiger partial charge in [-0.25, -0.2) is 0 Å². The van der Waals surface area contributed by atoms with Gasteiger partial charge in [0.1, 0.15) is 21.6 Å². The van der Waals surface area contributed by atoms with Crippen molar-refractivity contribution in [2.75, 3.05) is 5.73 Å². The van der Waals surface area contributed by atoms with Gasteiger partial charge in [0.15, 0.2) is 0 Å². The van der Waals surface area contributed by atoms with Crippen LogP contribution in [0.2, 0.25) is 0 Å². The minimum Gasteiger partial charge on any atom is -0.467 e. The predicted molar refractivity (Wildman–Crippen MR) is 106 cm³/mol. The van der Waals surface area contributed by atoms with Gasteiger partial charge in [0.05, 0.1) is 17.7 Å². The van der Waals surface area contributed by atoms with Crippen LogP contribution < -0.4 is 5.73 Å². The highest BCUT2D eigenvalue weighted by Crippen LogP contribution is 2.35. The van der Waals surface area contributed by atoms with E-state index in [4.69, 9.17) is 26.8 Å². The van der Waals surface area contributed by atoms with Crippen molar-refractivity contribution in [2.24, 2.45) is 0 Å². The van der Waals surface area contributed by atoms with Gasteiger partial charge in [0.25, 0.3) is 5.91 Å². The number of carbonyl (C=O) groups is 1. The third-order valence-electron chi connectivity index (χ3n) is 3.89. The summed E-state index contributed by atoms with van der Waals surface area (Å²) in [6.45, 7) is 0.318. The zero-order chi connectivity index (χ0) is 18.1. The van der Waals surface area contributed by atoms with Crippen molar-refractivity contribution in [3.05, 3.63) is 71.2 Å². The van der Waals surface area contributed by atoms with Crippen LogP contribution in [0.3, 0.4) is 0 Å². The lowest BCUT2D eigenvalue weighted by Crippen LogP contribution is -2.27. The van der Waals surface area contributed by atoms with Crippen molar-refractivity contribution in [1.82, 2.24) is 4.90 Å². The van der Waals surface area contributed by atoms with Crippen molar-refractivity contribution in [1.29, 1.82) is 0 Å². The Morgan fingerprint density at radius 1 is 1.15 bits per heavy atom. The van der Waals surface area contributed by atoms with Gasteiger partial charge in [0, 0.05) is 17.3 Å². The van der Waals surface area contributed by atoms with Gasteiger partial charge in [-0.3, -0.25) is 9.69 Å². The number of nitrogens with zero attached hydrogens (tertiary/aromatic N) is 1. The van der Waals surface area contributed by atoms with E-state index in [0.717, 1.165) is 5.56 Å². The SMILES string of the molecule is Nc1ccccc1-c1ccc(/C=C2\SC(=S)N(Cc3ccco3)C2=O)o1. The summed E-state index contributed by atoms with van der Waals surface area (Å²) in [6.07, 6.45) is 3.27. The number of thioether (sulfide) groups is 1. The maximum absolute atomic E-state index is 12.6. The number of nitrogen functional groups attached to an aromatic ring is 1. The van der Waals surface area contributed by atoms with Gasteiger partial charge < -0.3 is 14.6 Å². The van der Waals surface area contributed by atoms with E-state index in [0.29, 0.717) is 38.7 Å². The van der Waals surface area contributed by atoms with E-state index in [-0.39, 0.29) is 5.91 Å². The molecule has 0 aliphatic carbocycles. The van der Waals surface area contributed by atoms with E-state index in [1.54, 1.807) is 24.5 Å². The van der Waals surface area contributed by atoms with Crippen molar-refractivity contribution >= 4 is 46.0 Å². The number of benzene rings is 1. The number of hydrogen-bond acceptors (Lipinski definition) is 6. The lowest BCUT2D eigenvalue weighted by Gasteiger charge is -2.11. The molecule has 0 atom stereocenters. The molecule has 3 heterocycles. The largest absolute Gasteiger partial charge is 0.467 e. The Balaban J connectivity index is 1.56. The Hall–Kier alpha value is -2.77. The minimum absolute atomic E-state index is 0.159. The monoisotopic (exact) mass is 382 g/mol. The Morgan fingerprint density at radius 2 is 2.00 bits per heavy atom. The average molecular weight is 382 g/mol. The van der Waals surface area contributed by atoms with Gasteiger partial charge in [-0.2, -0.15) is 0 Å². The molecule has 1 aliphatic heterocycles. The maximum atomic E-state index is 12.6. The number of anilines is 1. The Bertz CT molecular complexity index is 1010. The van der Waals surface area contributed by atoms with Crippen LogP contribution >= 0.6 is 24.0 Å². The fourth-order valence-corrected chi connectivity index (χ4v) is 3.86. The Morgan fingerprint density at radius 3 is 2.77 bits per heavy atom. The molecule has 0 saturated carbocycles. The Labute approximate surface area is 159 Å². The molecule has 1 aromatic carbocycles. The molecule has 26 heavy (non-hydrogen) atoms. The third kappa shape index (κ3) is 3.18. The lowest BCUT2D eigenvalue weighted by molar-refractivity contribution is -0.122. The van der Waals surface area contributed by atoms with Crippen LogP contribution in [0.15, 0.2) is 68.5 Å². The van der Waals surface area contributed by atoms with Crippen molar-refractivity contribution < 1.29 is 13.6 Å². The maximum Gasteiger partial charge on any atom is 0.266 e. The van der Waals surface area contributed by atoms with Crippen molar-refractivity contribution in [3.63, 3.8) is 0 Å². The van der Waals surface area contributed by atoms with Crippen LogP contribution in [0.1, 0.15) is 11.5 Å². The fourth-order valence-electron chi connectivity index (χ4n) is 2.62. The van der Waals surface area contributed by atoms with Crippen molar-refractivity contribution in [3.8, 4) is 11.3 Å². The molecule has 1 fully saturated rings. The molecule has 0 spiro atoms. The standard InChI is InChI=1S/C19H14N2O3S2/c20-15-6-2-1-5-14(15)16-8-7-12(24-16)10-17-18(22)21(19(25)26-17)11-13-4-3-9-23-13/h1-10H,11,20H2/b17-10-. The molecular weight excluding hydrogens is 368 g/mol. The van der Waals surface area contributed by atoms with Gasteiger partial charge in [-0.1, -0.05) is 36.1 Å². The number of para-hydroxylation sites is 1. The van der Waals surface area contributed by atoms with Gasteiger partial charge in [-0.15, -0.1) is 0 Å². The molecule has 0 unspecified atom stereocenters. The summed E-state index contributed by atoms with van der Waals surface area (Å²) in [4.78, 5) is 14.7. The molecule has 1 aliphatic rings. The molecule has 5 nitrogen and oxygen atoms in total. The molecular formula is C19H14N2O3S2. The van der Waals surface area contributed by atoms with Crippen LogP contribution in [0.5, 0.6) is 0 Å². The normalized spacial score (nSPS) is 16.0. The van der Waals surface area contributed by atoms with E-state index in [2.05, 4.69) is 0 Å². The van der Waals surface area contributed by atoms with Crippen LogP contribution in [0, 0.1) is 0 Å². The van der Waals surface area contributed by atoms with Crippen LogP contribution in [-0.2, 0) is 11.3 Å². The number of furan rings is 2. The third-order valence-corrected chi connectivity index (χ3v) is 5.27. The number of nitrogens with two attached hydrogens (primary N) is 1. The van der Waals surface area contributed by atoms with Gasteiger partial charge >= 0.3 is 0 Å². The lowest BCUT2D eigenvalue weighted by atomic mass is 10.1. The molecule has 0 radical (unpaired) electrons. The first kappa shape index (κ1) is 16.7. The molecule has 4 rings (SSSR count). The molecule has 7 heteroatoms. The second kappa shape index (κ2) is 6.86. The number of rotatable bonds is 4. The molecule has 130 valence electrons. The number of thiocarbonyl (C=S) groups is 1.